The highest BCUT2D eigenvalue weighted by Gasteiger charge is 2.24. The van der Waals surface area contributed by atoms with Gasteiger partial charge in [-0.15, -0.1) is 0 Å². The summed E-state index contributed by atoms with van der Waals surface area (Å²) in [6.45, 7) is 1.28. The fourth-order valence-electron chi connectivity index (χ4n) is 2.83. The van der Waals surface area contributed by atoms with Crippen molar-refractivity contribution < 1.29 is 0 Å². The maximum Gasteiger partial charge on any atom is 0.00953 e. The highest BCUT2D eigenvalue weighted by molar-refractivity contribution is 4.82. The lowest BCUT2D eigenvalue weighted by Gasteiger charge is -2.34. The third-order valence-electron chi connectivity index (χ3n) is 3.57. The van der Waals surface area contributed by atoms with Crippen LogP contribution < -0.4 is 5.32 Å². The van der Waals surface area contributed by atoms with E-state index in [0.717, 1.165) is 12.0 Å². The van der Waals surface area contributed by atoms with E-state index in [4.69, 9.17) is 0 Å². The smallest absolute Gasteiger partial charge is 0.00953 e. The molecule has 1 N–H and O–H groups in total. The zero-order valence-corrected chi connectivity index (χ0v) is 8.02. The Bertz CT molecular complexity index is 117. The molecule has 0 aromatic rings. The predicted molar refractivity (Wildman–Crippen MR) is 52.2 cm³/mol. The van der Waals surface area contributed by atoms with Crippen LogP contribution in [0, 0.1) is 5.92 Å². The van der Waals surface area contributed by atoms with Crippen LogP contribution in [0.25, 0.3) is 0 Å². The van der Waals surface area contributed by atoms with Gasteiger partial charge in [0.05, 0.1) is 0 Å². The summed E-state index contributed by atoms with van der Waals surface area (Å²) in [5, 5.41) is 3.69. The first-order valence-corrected chi connectivity index (χ1v) is 5.70. The van der Waals surface area contributed by atoms with Gasteiger partial charge in [0.2, 0.25) is 0 Å². The molecule has 12 heavy (non-hydrogen) atoms. The lowest BCUT2D eigenvalue weighted by atomic mass is 9.82. The minimum Gasteiger partial charge on any atom is -0.314 e. The Hall–Kier alpha value is -0.0400. The second-order valence-electron chi connectivity index (χ2n) is 4.45. The number of hydrogen-bond acceptors (Lipinski definition) is 1. The monoisotopic (exact) mass is 167 g/mol. The van der Waals surface area contributed by atoms with Gasteiger partial charge in [-0.25, -0.2) is 0 Å². The van der Waals surface area contributed by atoms with E-state index in [-0.39, 0.29) is 0 Å². The van der Waals surface area contributed by atoms with Gasteiger partial charge in [-0.05, 0) is 38.1 Å². The van der Waals surface area contributed by atoms with Crippen molar-refractivity contribution in [3.63, 3.8) is 0 Å². The predicted octanol–water partition coefficient (Wildman–Crippen LogP) is 2.71. The molecule has 1 heteroatoms. The first kappa shape index (κ1) is 8.55. The normalized spacial score (nSPS) is 38.0. The van der Waals surface area contributed by atoms with Gasteiger partial charge in [0.25, 0.3) is 0 Å². The van der Waals surface area contributed by atoms with Crippen molar-refractivity contribution in [1.82, 2.24) is 5.32 Å². The molecule has 1 saturated heterocycles. The highest BCUT2D eigenvalue weighted by Crippen LogP contribution is 2.28. The number of nitrogens with one attached hydrogen (secondary N) is 1. The lowest BCUT2D eigenvalue weighted by Crippen LogP contribution is -2.41. The van der Waals surface area contributed by atoms with Gasteiger partial charge >= 0.3 is 0 Å². The standard InChI is InChI=1S/C11H21N/c1-2-4-8-11-10(6-3-1)7-5-9-12-11/h10-12H,1-9H2. The van der Waals surface area contributed by atoms with Crippen LogP contribution >= 0.6 is 0 Å². The topological polar surface area (TPSA) is 12.0 Å². The fourth-order valence-corrected chi connectivity index (χ4v) is 2.83. The Morgan fingerprint density at radius 2 is 1.50 bits per heavy atom. The molecule has 2 atom stereocenters. The molecule has 1 nitrogen and oxygen atoms in total. The molecule has 2 aliphatic rings. The van der Waals surface area contributed by atoms with Crippen molar-refractivity contribution in [2.24, 2.45) is 5.92 Å². The van der Waals surface area contributed by atoms with E-state index in [1.807, 2.05) is 0 Å². The molecule has 0 aromatic heterocycles. The van der Waals surface area contributed by atoms with Crippen molar-refractivity contribution >= 4 is 0 Å². The van der Waals surface area contributed by atoms with Gasteiger partial charge in [0.15, 0.2) is 0 Å². The SMILES string of the molecule is C1CCCC2NCCCC2CC1. The number of fused-ring (bicyclic) bond motifs is 1. The summed E-state index contributed by atoms with van der Waals surface area (Å²) in [4.78, 5) is 0. The van der Waals surface area contributed by atoms with E-state index in [0.29, 0.717) is 0 Å². The van der Waals surface area contributed by atoms with Gasteiger partial charge in [0.1, 0.15) is 0 Å². The van der Waals surface area contributed by atoms with Gasteiger partial charge < -0.3 is 5.32 Å². The van der Waals surface area contributed by atoms with E-state index in [9.17, 15) is 0 Å². The summed E-state index contributed by atoms with van der Waals surface area (Å²) in [7, 11) is 0. The van der Waals surface area contributed by atoms with Gasteiger partial charge in [-0.2, -0.15) is 0 Å². The maximum atomic E-state index is 3.69. The molecule has 1 saturated carbocycles. The quantitative estimate of drug-likeness (QED) is 0.585. The summed E-state index contributed by atoms with van der Waals surface area (Å²) >= 11 is 0. The third kappa shape index (κ3) is 2.01. The van der Waals surface area contributed by atoms with Crippen molar-refractivity contribution in [1.29, 1.82) is 0 Å². The van der Waals surface area contributed by atoms with Crippen LogP contribution in [0.1, 0.15) is 51.4 Å². The van der Waals surface area contributed by atoms with Gasteiger partial charge in [-0.1, -0.05) is 25.7 Å². The zero-order chi connectivity index (χ0) is 8.23. The second-order valence-corrected chi connectivity index (χ2v) is 4.45. The molecule has 0 aromatic carbocycles. The average Bonchev–Trinajstić information content (AvgIpc) is 2.06. The van der Waals surface area contributed by atoms with Crippen molar-refractivity contribution in [3.05, 3.63) is 0 Å². The molecule has 1 heterocycles. The Morgan fingerprint density at radius 1 is 0.750 bits per heavy atom. The molecule has 1 aliphatic carbocycles. The van der Waals surface area contributed by atoms with E-state index in [1.54, 1.807) is 0 Å². The van der Waals surface area contributed by atoms with Crippen LogP contribution in [-0.2, 0) is 0 Å². The molecule has 2 rings (SSSR count). The Balaban J connectivity index is 1.89. The largest absolute Gasteiger partial charge is 0.314 e. The van der Waals surface area contributed by atoms with E-state index >= 15 is 0 Å². The Labute approximate surface area is 75.9 Å². The molecule has 0 bridgehead atoms. The summed E-state index contributed by atoms with van der Waals surface area (Å²) in [6.07, 6.45) is 11.8. The summed E-state index contributed by atoms with van der Waals surface area (Å²) < 4.78 is 0. The van der Waals surface area contributed by atoms with Crippen LogP contribution in [-0.4, -0.2) is 12.6 Å². The minimum atomic E-state index is 0.888. The third-order valence-corrected chi connectivity index (χ3v) is 3.57. The Morgan fingerprint density at radius 3 is 2.42 bits per heavy atom. The van der Waals surface area contributed by atoms with Crippen LogP contribution in [0.4, 0.5) is 0 Å². The van der Waals surface area contributed by atoms with Crippen molar-refractivity contribution in [2.75, 3.05) is 6.54 Å². The molecule has 70 valence electrons. The zero-order valence-electron chi connectivity index (χ0n) is 8.02. The fraction of sp³-hybridized carbons (Fsp3) is 1.00. The molecule has 0 radical (unpaired) electrons. The van der Waals surface area contributed by atoms with E-state index in [1.165, 1.54) is 57.9 Å². The summed E-state index contributed by atoms with van der Waals surface area (Å²) in [5.41, 5.74) is 0. The van der Waals surface area contributed by atoms with Gasteiger partial charge in [0, 0.05) is 6.04 Å². The number of piperidine rings is 1. The molecule has 0 spiro atoms. The Kier molecular flexibility index (Phi) is 3.04. The summed E-state index contributed by atoms with van der Waals surface area (Å²) in [6, 6.07) is 0.888. The lowest BCUT2D eigenvalue weighted by molar-refractivity contribution is 0.231. The minimum absolute atomic E-state index is 0.888. The van der Waals surface area contributed by atoms with Crippen LogP contribution in [0.3, 0.4) is 0 Å². The second kappa shape index (κ2) is 4.27. The van der Waals surface area contributed by atoms with E-state index < -0.39 is 0 Å². The van der Waals surface area contributed by atoms with Crippen LogP contribution in [0.15, 0.2) is 0 Å². The summed E-state index contributed by atoms with van der Waals surface area (Å²) in [5.74, 6) is 1.03. The van der Waals surface area contributed by atoms with E-state index in [2.05, 4.69) is 5.32 Å². The maximum absolute atomic E-state index is 3.69. The number of hydrogen-bond donors (Lipinski definition) is 1. The van der Waals surface area contributed by atoms with Gasteiger partial charge in [-0.3, -0.25) is 0 Å². The van der Waals surface area contributed by atoms with Crippen LogP contribution in [0.2, 0.25) is 0 Å². The first-order chi connectivity index (χ1) is 5.97. The van der Waals surface area contributed by atoms with Crippen LogP contribution in [0.5, 0.6) is 0 Å². The van der Waals surface area contributed by atoms with Crippen molar-refractivity contribution in [3.8, 4) is 0 Å². The first-order valence-electron chi connectivity index (χ1n) is 5.70. The molecular formula is C11H21N. The van der Waals surface area contributed by atoms with Crippen molar-refractivity contribution in [2.45, 2.75) is 57.4 Å². The molecule has 1 aliphatic heterocycles. The highest BCUT2D eigenvalue weighted by atomic mass is 14.9. The molecule has 0 amide bonds. The average molecular weight is 167 g/mol. The molecular weight excluding hydrogens is 146 g/mol. The molecule has 2 unspecified atom stereocenters. The number of rotatable bonds is 0. The molecule has 2 fully saturated rings.